The van der Waals surface area contributed by atoms with Gasteiger partial charge in [-0.3, -0.25) is 0 Å². The van der Waals surface area contributed by atoms with Crippen molar-refractivity contribution >= 4 is 65.0 Å². The van der Waals surface area contributed by atoms with Crippen LogP contribution in [0.5, 0.6) is 0 Å². The first kappa shape index (κ1) is 30.7. The van der Waals surface area contributed by atoms with Crippen molar-refractivity contribution in [3.05, 3.63) is 216 Å². The Balaban J connectivity index is 1.05. The number of hydrogen-bond donors (Lipinski definition) is 0. The second-order valence-corrected chi connectivity index (χ2v) is 16.3. The van der Waals surface area contributed by atoms with Crippen molar-refractivity contribution in [1.82, 2.24) is 0 Å². The van der Waals surface area contributed by atoms with Gasteiger partial charge in [-0.05, 0) is 146 Å². The highest BCUT2D eigenvalue weighted by molar-refractivity contribution is 6.24. The normalized spacial score (nSPS) is 13.7. The molecular formula is C57H32O. The van der Waals surface area contributed by atoms with E-state index >= 15 is 0 Å². The second kappa shape index (κ2) is 10.9. The maximum Gasteiger partial charge on any atom is 0.135 e. The van der Waals surface area contributed by atoms with Crippen LogP contribution in [0.25, 0.3) is 110 Å². The van der Waals surface area contributed by atoms with E-state index in [-0.39, 0.29) is 0 Å². The molecule has 58 heavy (non-hydrogen) atoms. The average Bonchev–Trinajstić information content (AvgIpc) is 3.91. The maximum absolute atomic E-state index is 6.25. The molecule has 266 valence electrons. The predicted molar refractivity (Wildman–Crippen MR) is 242 cm³/mol. The first-order valence-corrected chi connectivity index (χ1v) is 20.2. The van der Waals surface area contributed by atoms with Crippen molar-refractivity contribution in [2.75, 3.05) is 0 Å². The summed E-state index contributed by atoms with van der Waals surface area (Å²) in [4.78, 5) is 0. The molecule has 1 aromatic heterocycles. The second-order valence-electron chi connectivity index (χ2n) is 16.3. The topological polar surface area (TPSA) is 13.1 Å². The lowest BCUT2D eigenvalue weighted by atomic mass is 9.70. The zero-order valence-corrected chi connectivity index (χ0v) is 31.4. The molecule has 0 saturated carbocycles. The molecule has 0 atom stereocenters. The van der Waals surface area contributed by atoms with E-state index in [2.05, 4.69) is 188 Å². The fourth-order valence-corrected chi connectivity index (χ4v) is 11.2. The zero-order chi connectivity index (χ0) is 37.7. The molecule has 1 spiro atoms. The third kappa shape index (κ3) is 3.77. The highest BCUT2D eigenvalue weighted by atomic mass is 16.3. The quantitative estimate of drug-likeness (QED) is 0.161. The molecule has 1 nitrogen and oxygen atoms in total. The lowest BCUT2D eigenvalue weighted by Gasteiger charge is -2.30. The van der Waals surface area contributed by atoms with Crippen LogP contribution < -0.4 is 0 Å². The van der Waals surface area contributed by atoms with E-state index in [9.17, 15) is 0 Å². The van der Waals surface area contributed by atoms with Crippen LogP contribution in [0.1, 0.15) is 22.3 Å². The largest absolute Gasteiger partial charge is 0.456 e. The van der Waals surface area contributed by atoms with Crippen LogP contribution >= 0.6 is 0 Å². The van der Waals surface area contributed by atoms with Gasteiger partial charge in [0.1, 0.15) is 11.2 Å². The third-order valence-electron chi connectivity index (χ3n) is 13.6. The van der Waals surface area contributed by atoms with Gasteiger partial charge in [0.25, 0.3) is 0 Å². The average molecular weight is 733 g/mol. The van der Waals surface area contributed by atoms with Gasteiger partial charge in [-0.1, -0.05) is 158 Å². The first-order chi connectivity index (χ1) is 28.7. The van der Waals surface area contributed by atoms with Gasteiger partial charge in [0.05, 0.1) is 5.41 Å². The van der Waals surface area contributed by atoms with Crippen molar-refractivity contribution in [2.24, 2.45) is 0 Å². The molecule has 0 fully saturated rings. The van der Waals surface area contributed by atoms with Gasteiger partial charge in [-0.2, -0.15) is 0 Å². The number of furan rings is 1. The summed E-state index contributed by atoms with van der Waals surface area (Å²) in [7, 11) is 0. The minimum atomic E-state index is -0.428. The van der Waals surface area contributed by atoms with Crippen LogP contribution in [-0.4, -0.2) is 0 Å². The highest BCUT2D eigenvalue weighted by Gasteiger charge is 2.52. The summed E-state index contributed by atoms with van der Waals surface area (Å²) in [6.07, 6.45) is 0. The lowest BCUT2D eigenvalue weighted by Crippen LogP contribution is -2.25. The summed E-state index contributed by atoms with van der Waals surface area (Å²) in [5.41, 5.74) is 17.0. The highest BCUT2D eigenvalue weighted by Crippen LogP contribution is 2.64. The van der Waals surface area contributed by atoms with Crippen LogP contribution in [0, 0.1) is 0 Å². The smallest absolute Gasteiger partial charge is 0.135 e. The van der Waals surface area contributed by atoms with E-state index in [1.165, 1.54) is 110 Å². The summed E-state index contributed by atoms with van der Waals surface area (Å²) in [5, 5.41) is 12.7. The van der Waals surface area contributed by atoms with E-state index in [4.69, 9.17) is 4.42 Å². The minimum absolute atomic E-state index is 0.428. The van der Waals surface area contributed by atoms with Gasteiger partial charge in [0, 0.05) is 10.8 Å². The van der Waals surface area contributed by atoms with Gasteiger partial charge in [0.15, 0.2) is 0 Å². The van der Waals surface area contributed by atoms with E-state index < -0.39 is 5.41 Å². The summed E-state index contributed by atoms with van der Waals surface area (Å²) in [6, 6.07) is 72.8. The molecule has 0 bridgehead atoms. The molecular weight excluding hydrogens is 701 g/mol. The summed E-state index contributed by atoms with van der Waals surface area (Å²) in [5.74, 6) is 0. The van der Waals surface area contributed by atoms with Gasteiger partial charge in [-0.15, -0.1) is 0 Å². The SMILES string of the molecule is c1ccc2c(c1)-c1ccccc1C21c2ccc(-c3cc4ccc5cccc6ccc(c3)c4c56)cc2-c2c1ccc1c(-c3ccc4oc5ccccc5c4c3)cccc21. The Labute approximate surface area is 334 Å². The number of rotatable bonds is 2. The Morgan fingerprint density at radius 3 is 1.67 bits per heavy atom. The predicted octanol–water partition coefficient (Wildman–Crippen LogP) is 15.3. The van der Waals surface area contributed by atoms with E-state index in [0.29, 0.717) is 0 Å². The standard InChI is InChI=1S/C57H32O/c1-4-16-48-42(11-1)43-12-2-5-17-49(43)57(48)50-26-23-35(39-29-37-21-19-33-9-7-10-34-20-22-38(30-39)55(37)54(33)34)31-47(50)56-45-15-8-14-40(41(45)25-27-51(56)57)36-24-28-53-46(32-36)44-13-3-6-18-52(44)58-53/h1-32H. The Morgan fingerprint density at radius 1 is 0.293 bits per heavy atom. The van der Waals surface area contributed by atoms with Crippen LogP contribution in [0.4, 0.5) is 0 Å². The van der Waals surface area contributed by atoms with Crippen LogP contribution in [-0.2, 0) is 5.41 Å². The van der Waals surface area contributed by atoms with Gasteiger partial charge < -0.3 is 4.42 Å². The molecule has 11 aromatic carbocycles. The number of para-hydroxylation sites is 1. The van der Waals surface area contributed by atoms with Gasteiger partial charge in [-0.25, -0.2) is 0 Å². The zero-order valence-electron chi connectivity index (χ0n) is 31.4. The van der Waals surface area contributed by atoms with E-state index in [1.54, 1.807) is 0 Å². The fraction of sp³-hybridized carbons (Fsp3) is 0.0175. The Bertz CT molecular complexity index is 3640. The van der Waals surface area contributed by atoms with Crippen LogP contribution in [0.3, 0.4) is 0 Å². The maximum atomic E-state index is 6.25. The summed E-state index contributed by atoms with van der Waals surface area (Å²) < 4.78 is 6.25. The lowest BCUT2D eigenvalue weighted by molar-refractivity contribution is 0.669. The monoisotopic (exact) mass is 732 g/mol. The summed E-state index contributed by atoms with van der Waals surface area (Å²) in [6.45, 7) is 0. The molecule has 14 rings (SSSR count). The molecule has 0 radical (unpaired) electrons. The molecule has 1 heterocycles. The Morgan fingerprint density at radius 2 is 0.879 bits per heavy atom. The van der Waals surface area contributed by atoms with Crippen molar-refractivity contribution in [1.29, 1.82) is 0 Å². The van der Waals surface area contributed by atoms with Crippen molar-refractivity contribution in [3.63, 3.8) is 0 Å². The molecule has 0 saturated heterocycles. The number of fused-ring (bicyclic) bond motifs is 15. The summed E-state index contributed by atoms with van der Waals surface area (Å²) >= 11 is 0. The molecule has 0 N–H and O–H groups in total. The molecule has 0 aliphatic heterocycles. The third-order valence-corrected chi connectivity index (χ3v) is 13.6. The van der Waals surface area contributed by atoms with Crippen molar-refractivity contribution in [2.45, 2.75) is 5.41 Å². The van der Waals surface area contributed by atoms with E-state index in [0.717, 1.165) is 21.9 Å². The van der Waals surface area contributed by atoms with Crippen LogP contribution in [0.15, 0.2) is 199 Å². The number of benzene rings is 11. The van der Waals surface area contributed by atoms with Gasteiger partial charge in [0.2, 0.25) is 0 Å². The van der Waals surface area contributed by atoms with E-state index in [1.807, 2.05) is 6.07 Å². The Hall–Kier alpha value is -7.48. The first-order valence-electron chi connectivity index (χ1n) is 20.2. The molecule has 12 aromatic rings. The number of hydrogen-bond acceptors (Lipinski definition) is 1. The molecule has 0 amide bonds. The minimum Gasteiger partial charge on any atom is -0.456 e. The fourth-order valence-electron chi connectivity index (χ4n) is 11.2. The molecule has 2 aliphatic rings. The van der Waals surface area contributed by atoms with Crippen LogP contribution in [0.2, 0.25) is 0 Å². The van der Waals surface area contributed by atoms with Crippen molar-refractivity contribution in [3.8, 4) is 44.5 Å². The Kier molecular flexibility index (Phi) is 5.76. The molecule has 2 aliphatic carbocycles. The van der Waals surface area contributed by atoms with Gasteiger partial charge >= 0.3 is 0 Å². The molecule has 0 unspecified atom stereocenters. The molecule has 1 heteroatoms. The van der Waals surface area contributed by atoms with Crippen molar-refractivity contribution < 1.29 is 4.42 Å².